The van der Waals surface area contributed by atoms with Crippen LogP contribution in [-0.4, -0.2) is 4.57 Å². The Kier molecular flexibility index (Phi) is 4.07. The molecule has 0 aliphatic rings. The van der Waals surface area contributed by atoms with E-state index >= 15 is 0 Å². The van der Waals surface area contributed by atoms with Crippen molar-refractivity contribution in [3.8, 4) is 23.3 Å². The van der Waals surface area contributed by atoms with E-state index in [1.54, 1.807) is 12.1 Å². The first-order chi connectivity index (χ1) is 11.0. The normalized spacial score (nSPS) is 11.9. The zero-order valence-corrected chi connectivity index (χ0v) is 11.9. The largest absolute Gasteiger partial charge is 0.416 e. The molecular formula is C15H7F6N3. The molecule has 0 amide bonds. The summed E-state index contributed by atoms with van der Waals surface area (Å²) in [5.41, 5.74) is -4.03. The van der Waals surface area contributed by atoms with Crippen LogP contribution in [0.2, 0.25) is 0 Å². The lowest BCUT2D eigenvalue weighted by Gasteiger charge is -2.14. The lowest BCUT2D eigenvalue weighted by molar-refractivity contribution is -0.143. The van der Waals surface area contributed by atoms with Crippen molar-refractivity contribution < 1.29 is 26.3 Å². The fourth-order valence-corrected chi connectivity index (χ4v) is 2.20. The molecule has 0 aliphatic carbocycles. The molecule has 124 valence electrons. The van der Waals surface area contributed by atoms with Crippen LogP contribution in [0.5, 0.6) is 0 Å². The third-order valence-electron chi connectivity index (χ3n) is 3.30. The average molecular weight is 343 g/mol. The molecule has 0 N–H and O–H groups in total. The molecule has 1 aromatic carbocycles. The van der Waals surface area contributed by atoms with Crippen LogP contribution in [0.3, 0.4) is 0 Å². The molecule has 0 aliphatic heterocycles. The van der Waals surface area contributed by atoms with Gasteiger partial charge in [-0.15, -0.1) is 0 Å². The molecular weight excluding hydrogens is 336 g/mol. The minimum absolute atomic E-state index is 0.00366. The van der Waals surface area contributed by atoms with Gasteiger partial charge >= 0.3 is 12.4 Å². The van der Waals surface area contributed by atoms with Gasteiger partial charge in [0.1, 0.15) is 17.8 Å². The average Bonchev–Trinajstić information content (AvgIpc) is 2.80. The van der Waals surface area contributed by atoms with E-state index in [0.29, 0.717) is 12.1 Å². The Bertz CT molecular complexity index is 843. The van der Waals surface area contributed by atoms with Gasteiger partial charge in [-0.2, -0.15) is 36.9 Å². The van der Waals surface area contributed by atoms with Crippen LogP contribution in [-0.2, 0) is 19.4 Å². The molecule has 0 unspecified atom stereocenters. The summed E-state index contributed by atoms with van der Waals surface area (Å²) in [5, 5.41) is 18.1. The van der Waals surface area contributed by atoms with Crippen molar-refractivity contribution in [2.24, 2.45) is 7.05 Å². The Balaban J connectivity index is 2.82. The number of rotatable bonds is 1. The summed E-state index contributed by atoms with van der Waals surface area (Å²) in [7, 11) is 1.36. The SMILES string of the molecule is Cn1cc(-c2cc(C(F)(F)F)cc(C(F)(F)F)c2)c(C#N)c1C#N. The number of nitrogens with zero attached hydrogens (tertiary/aromatic N) is 3. The Hall–Kier alpha value is -2.94. The van der Waals surface area contributed by atoms with E-state index in [1.165, 1.54) is 11.6 Å². The van der Waals surface area contributed by atoms with E-state index in [-0.39, 0.29) is 22.9 Å². The van der Waals surface area contributed by atoms with Crippen molar-refractivity contribution in [1.29, 1.82) is 10.5 Å². The van der Waals surface area contributed by atoms with E-state index in [1.807, 2.05) is 0 Å². The Morgan fingerprint density at radius 3 is 1.75 bits per heavy atom. The smallest absolute Gasteiger partial charge is 0.341 e. The van der Waals surface area contributed by atoms with Gasteiger partial charge in [0.05, 0.1) is 16.7 Å². The first-order valence-electron chi connectivity index (χ1n) is 6.28. The topological polar surface area (TPSA) is 52.5 Å². The molecule has 2 rings (SSSR count). The highest BCUT2D eigenvalue weighted by molar-refractivity contribution is 5.74. The molecule has 24 heavy (non-hydrogen) atoms. The predicted molar refractivity (Wildman–Crippen MR) is 70.3 cm³/mol. The summed E-state index contributed by atoms with van der Waals surface area (Å²) in [6.45, 7) is 0. The summed E-state index contributed by atoms with van der Waals surface area (Å²) in [6, 6.07) is 4.38. The lowest BCUT2D eigenvalue weighted by atomic mass is 9.98. The van der Waals surface area contributed by atoms with Crippen molar-refractivity contribution in [1.82, 2.24) is 4.57 Å². The Morgan fingerprint density at radius 1 is 0.875 bits per heavy atom. The van der Waals surface area contributed by atoms with E-state index < -0.39 is 29.0 Å². The van der Waals surface area contributed by atoms with Gasteiger partial charge in [0.25, 0.3) is 0 Å². The standard InChI is InChI=1S/C15H7F6N3/c1-24-7-12(11(5-22)13(24)6-23)8-2-9(14(16,17)18)4-10(3-8)15(19,20)21/h2-4,7H,1H3. The van der Waals surface area contributed by atoms with Crippen molar-refractivity contribution in [2.45, 2.75) is 12.4 Å². The number of halogens is 6. The third-order valence-corrected chi connectivity index (χ3v) is 3.30. The second-order valence-electron chi connectivity index (χ2n) is 4.90. The van der Waals surface area contributed by atoms with E-state index in [0.717, 1.165) is 6.20 Å². The minimum Gasteiger partial charge on any atom is -0.341 e. The third kappa shape index (κ3) is 3.06. The van der Waals surface area contributed by atoms with Gasteiger partial charge in [0.15, 0.2) is 0 Å². The molecule has 1 heterocycles. The lowest BCUT2D eigenvalue weighted by Crippen LogP contribution is -2.11. The molecule has 9 heteroatoms. The number of hydrogen-bond donors (Lipinski definition) is 0. The van der Waals surface area contributed by atoms with Gasteiger partial charge in [-0.25, -0.2) is 0 Å². The van der Waals surface area contributed by atoms with Crippen LogP contribution in [0, 0.1) is 22.7 Å². The van der Waals surface area contributed by atoms with Crippen LogP contribution in [0.15, 0.2) is 24.4 Å². The Morgan fingerprint density at radius 2 is 1.38 bits per heavy atom. The summed E-state index contributed by atoms with van der Waals surface area (Å²) in [5.74, 6) is 0. The zero-order valence-electron chi connectivity index (χ0n) is 11.9. The van der Waals surface area contributed by atoms with Crippen molar-refractivity contribution in [3.63, 3.8) is 0 Å². The second kappa shape index (κ2) is 5.60. The quantitative estimate of drug-likeness (QED) is 0.717. The Labute approximate surface area is 132 Å². The van der Waals surface area contributed by atoms with Gasteiger partial charge in [-0.1, -0.05) is 0 Å². The van der Waals surface area contributed by atoms with Gasteiger partial charge in [0.2, 0.25) is 0 Å². The van der Waals surface area contributed by atoms with Crippen molar-refractivity contribution in [3.05, 3.63) is 46.8 Å². The molecule has 3 nitrogen and oxygen atoms in total. The van der Waals surface area contributed by atoms with Gasteiger partial charge < -0.3 is 4.57 Å². The highest BCUT2D eigenvalue weighted by Crippen LogP contribution is 2.39. The summed E-state index contributed by atoms with van der Waals surface area (Å²) >= 11 is 0. The molecule has 2 aromatic rings. The first kappa shape index (κ1) is 17.4. The van der Waals surface area contributed by atoms with Crippen LogP contribution < -0.4 is 0 Å². The number of alkyl halides is 6. The zero-order chi connectivity index (χ0) is 18.3. The van der Waals surface area contributed by atoms with Crippen molar-refractivity contribution in [2.75, 3.05) is 0 Å². The van der Waals surface area contributed by atoms with Crippen LogP contribution in [0.1, 0.15) is 22.4 Å². The van der Waals surface area contributed by atoms with Crippen molar-refractivity contribution >= 4 is 0 Å². The molecule has 0 fully saturated rings. The highest BCUT2D eigenvalue weighted by atomic mass is 19.4. The molecule has 1 aromatic heterocycles. The number of aromatic nitrogens is 1. The maximum Gasteiger partial charge on any atom is 0.416 e. The predicted octanol–water partition coefficient (Wildman–Crippen LogP) is 4.47. The number of nitriles is 2. The van der Waals surface area contributed by atoms with Gasteiger partial charge in [0, 0.05) is 18.8 Å². The van der Waals surface area contributed by atoms with Crippen LogP contribution >= 0.6 is 0 Å². The van der Waals surface area contributed by atoms with Gasteiger partial charge in [-0.05, 0) is 23.8 Å². The van der Waals surface area contributed by atoms with E-state index in [9.17, 15) is 26.3 Å². The number of hydrogen-bond acceptors (Lipinski definition) is 2. The monoisotopic (exact) mass is 343 g/mol. The minimum atomic E-state index is -4.99. The van der Waals surface area contributed by atoms with Crippen LogP contribution in [0.4, 0.5) is 26.3 Å². The van der Waals surface area contributed by atoms with Gasteiger partial charge in [-0.3, -0.25) is 0 Å². The molecule has 0 spiro atoms. The fourth-order valence-electron chi connectivity index (χ4n) is 2.20. The molecule has 0 radical (unpaired) electrons. The molecule has 0 saturated heterocycles. The van der Waals surface area contributed by atoms with Crippen LogP contribution in [0.25, 0.3) is 11.1 Å². The summed E-state index contributed by atoms with van der Waals surface area (Å²) < 4.78 is 78.5. The van der Waals surface area contributed by atoms with E-state index in [4.69, 9.17) is 10.5 Å². The number of benzene rings is 1. The summed E-state index contributed by atoms with van der Waals surface area (Å²) in [4.78, 5) is 0. The number of aryl methyl sites for hydroxylation is 1. The maximum absolute atomic E-state index is 12.9. The summed E-state index contributed by atoms with van der Waals surface area (Å²) in [6.07, 6.45) is -8.84. The highest BCUT2D eigenvalue weighted by Gasteiger charge is 2.37. The first-order valence-corrected chi connectivity index (χ1v) is 6.28. The maximum atomic E-state index is 12.9. The molecule has 0 saturated carbocycles. The molecule has 0 atom stereocenters. The fraction of sp³-hybridized carbons (Fsp3) is 0.200. The van der Waals surface area contributed by atoms with E-state index in [2.05, 4.69) is 0 Å². The second-order valence-corrected chi connectivity index (χ2v) is 4.90. The molecule has 0 bridgehead atoms.